The molecule has 1 saturated heterocycles. The highest BCUT2D eigenvalue weighted by molar-refractivity contribution is 6.03. The van der Waals surface area contributed by atoms with Crippen LogP contribution in [0.1, 0.15) is 42.5 Å². The standard InChI is InChI=1S/C28H36N4O4/c1-4-27(33)31(13-12-30-14-16-36-17-15-30)20-28(34)32-26(22-10-8-21(2)9-11-22)19-25(29-32)23-6-5-7-24(18-23)35-3/h5-11,18,26H,4,12-17,19-20H2,1-3H3/t26-/m0/s1. The van der Waals surface area contributed by atoms with Crippen molar-refractivity contribution in [2.24, 2.45) is 5.10 Å². The summed E-state index contributed by atoms with van der Waals surface area (Å²) in [5.41, 5.74) is 3.94. The van der Waals surface area contributed by atoms with Gasteiger partial charge in [-0.05, 0) is 24.6 Å². The first kappa shape index (κ1) is 25.9. The number of nitrogens with zero attached hydrogens (tertiary/aromatic N) is 4. The van der Waals surface area contributed by atoms with Crippen LogP contribution in [-0.2, 0) is 14.3 Å². The molecule has 0 aliphatic carbocycles. The number of hydrogen-bond donors (Lipinski definition) is 0. The maximum Gasteiger partial charge on any atom is 0.262 e. The summed E-state index contributed by atoms with van der Waals surface area (Å²) in [7, 11) is 1.64. The molecule has 0 bridgehead atoms. The second-order valence-electron chi connectivity index (χ2n) is 9.27. The highest BCUT2D eigenvalue weighted by atomic mass is 16.5. The molecule has 2 aliphatic rings. The van der Waals surface area contributed by atoms with E-state index in [1.165, 1.54) is 0 Å². The zero-order valence-electron chi connectivity index (χ0n) is 21.5. The second kappa shape index (κ2) is 12.1. The summed E-state index contributed by atoms with van der Waals surface area (Å²) < 4.78 is 10.8. The monoisotopic (exact) mass is 492 g/mol. The van der Waals surface area contributed by atoms with E-state index in [2.05, 4.69) is 29.2 Å². The third kappa shape index (κ3) is 6.30. The number of hydrazone groups is 1. The Bertz CT molecular complexity index is 1080. The number of carbonyl (C=O) groups is 2. The Hall–Kier alpha value is -3.23. The molecular formula is C28H36N4O4. The Balaban J connectivity index is 1.55. The van der Waals surface area contributed by atoms with Crippen LogP contribution in [0.5, 0.6) is 5.75 Å². The third-order valence-corrected chi connectivity index (χ3v) is 6.80. The van der Waals surface area contributed by atoms with Crippen molar-refractivity contribution in [2.45, 2.75) is 32.7 Å². The van der Waals surface area contributed by atoms with Crippen molar-refractivity contribution in [2.75, 3.05) is 53.0 Å². The lowest BCUT2D eigenvalue weighted by molar-refractivity contribution is -0.141. The average Bonchev–Trinajstić information content (AvgIpc) is 3.37. The zero-order chi connectivity index (χ0) is 25.5. The van der Waals surface area contributed by atoms with Crippen LogP contribution in [0.2, 0.25) is 0 Å². The number of ether oxygens (including phenoxy) is 2. The summed E-state index contributed by atoms with van der Waals surface area (Å²) >= 11 is 0. The van der Waals surface area contributed by atoms with Crippen molar-refractivity contribution < 1.29 is 19.1 Å². The molecule has 2 aromatic rings. The Morgan fingerprint density at radius 1 is 1.14 bits per heavy atom. The minimum absolute atomic E-state index is 0.00820. The van der Waals surface area contributed by atoms with Gasteiger partial charge in [-0.15, -0.1) is 0 Å². The molecule has 36 heavy (non-hydrogen) atoms. The van der Waals surface area contributed by atoms with Crippen LogP contribution in [0.25, 0.3) is 0 Å². The van der Waals surface area contributed by atoms with Crippen molar-refractivity contribution in [1.29, 1.82) is 0 Å². The fourth-order valence-electron chi connectivity index (χ4n) is 4.60. The SMILES string of the molecule is CCC(=O)N(CCN1CCOCC1)CC(=O)N1N=C(c2cccc(OC)c2)C[C@H]1c1ccc(C)cc1. The highest BCUT2D eigenvalue weighted by Crippen LogP contribution is 2.33. The van der Waals surface area contributed by atoms with Crippen molar-refractivity contribution >= 4 is 17.5 Å². The van der Waals surface area contributed by atoms with E-state index in [4.69, 9.17) is 14.6 Å². The van der Waals surface area contributed by atoms with E-state index in [0.717, 1.165) is 47.8 Å². The van der Waals surface area contributed by atoms with Crippen molar-refractivity contribution in [3.8, 4) is 5.75 Å². The van der Waals surface area contributed by atoms with Gasteiger partial charge in [-0.3, -0.25) is 14.5 Å². The minimum atomic E-state index is -0.225. The van der Waals surface area contributed by atoms with Gasteiger partial charge in [-0.2, -0.15) is 5.10 Å². The summed E-state index contributed by atoms with van der Waals surface area (Å²) in [4.78, 5) is 30.3. The van der Waals surface area contributed by atoms with E-state index in [1.807, 2.05) is 38.1 Å². The van der Waals surface area contributed by atoms with Crippen LogP contribution in [0.15, 0.2) is 53.6 Å². The molecule has 2 amide bonds. The molecular weight excluding hydrogens is 456 g/mol. The van der Waals surface area contributed by atoms with Gasteiger partial charge in [-0.1, -0.05) is 48.9 Å². The lowest BCUT2D eigenvalue weighted by Crippen LogP contribution is -2.46. The van der Waals surface area contributed by atoms with E-state index in [9.17, 15) is 9.59 Å². The Labute approximate surface area is 213 Å². The summed E-state index contributed by atoms with van der Waals surface area (Å²) in [5.74, 6) is 0.539. The van der Waals surface area contributed by atoms with Gasteiger partial charge in [0.15, 0.2) is 0 Å². The predicted octanol–water partition coefficient (Wildman–Crippen LogP) is 3.25. The van der Waals surface area contributed by atoms with Gasteiger partial charge in [-0.25, -0.2) is 5.01 Å². The van der Waals surface area contributed by atoms with Crippen LogP contribution in [0.4, 0.5) is 0 Å². The van der Waals surface area contributed by atoms with Crippen molar-refractivity contribution in [3.05, 3.63) is 65.2 Å². The van der Waals surface area contributed by atoms with Gasteiger partial charge in [0.25, 0.3) is 5.91 Å². The van der Waals surface area contributed by atoms with Crippen LogP contribution in [0, 0.1) is 6.92 Å². The van der Waals surface area contributed by atoms with Crippen LogP contribution >= 0.6 is 0 Å². The number of rotatable bonds is 9. The lowest BCUT2D eigenvalue weighted by Gasteiger charge is -2.31. The molecule has 0 spiro atoms. The highest BCUT2D eigenvalue weighted by Gasteiger charge is 2.34. The number of methoxy groups -OCH3 is 1. The molecule has 0 aromatic heterocycles. The van der Waals surface area contributed by atoms with Gasteiger partial charge in [0.2, 0.25) is 5.91 Å². The van der Waals surface area contributed by atoms with E-state index < -0.39 is 0 Å². The molecule has 1 atom stereocenters. The van der Waals surface area contributed by atoms with Crippen molar-refractivity contribution in [1.82, 2.24) is 14.8 Å². The second-order valence-corrected chi connectivity index (χ2v) is 9.27. The number of amides is 2. The molecule has 192 valence electrons. The Kier molecular flexibility index (Phi) is 8.72. The normalized spacial score (nSPS) is 18.1. The number of morpholine rings is 1. The maximum atomic E-state index is 13.6. The topological polar surface area (TPSA) is 74.7 Å². The molecule has 0 unspecified atom stereocenters. The van der Waals surface area contributed by atoms with Gasteiger partial charge >= 0.3 is 0 Å². The van der Waals surface area contributed by atoms with Gasteiger partial charge in [0.05, 0.1) is 32.1 Å². The summed E-state index contributed by atoms with van der Waals surface area (Å²) in [6, 6.07) is 15.7. The molecule has 4 rings (SSSR count). The lowest BCUT2D eigenvalue weighted by atomic mass is 9.97. The molecule has 0 N–H and O–H groups in total. The molecule has 2 heterocycles. The predicted molar refractivity (Wildman–Crippen MR) is 139 cm³/mol. The fourth-order valence-corrected chi connectivity index (χ4v) is 4.60. The zero-order valence-corrected chi connectivity index (χ0v) is 21.5. The fraction of sp³-hybridized carbons (Fsp3) is 0.464. The van der Waals surface area contributed by atoms with Gasteiger partial charge in [0.1, 0.15) is 12.3 Å². The van der Waals surface area contributed by atoms with Crippen LogP contribution in [0.3, 0.4) is 0 Å². The van der Waals surface area contributed by atoms with E-state index in [0.29, 0.717) is 32.6 Å². The van der Waals surface area contributed by atoms with E-state index in [1.54, 1.807) is 17.0 Å². The van der Waals surface area contributed by atoms with Gasteiger partial charge < -0.3 is 14.4 Å². The smallest absolute Gasteiger partial charge is 0.262 e. The van der Waals surface area contributed by atoms with E-state index >= 15 is 0 Å². The Morgan fingerprint density at radius 3 is 2.58 bits per heavy atom. The number of hydrogen-bond acceptors (Lipinski definition) is 6. The number of benzene rings is 2. The third-order valence-electron chi connectivity index (χ3n) is 6.80. The quantitative estimate of drug-likeness (QED) is 0.537. The first-order valence-electron chi connectivity index (χ1n) is 12.7. The van der Waals surface area contributed by atoms with Crippen LogP contribution < -0.4 is 4.74 Å². The molecule has 0 radical (unpaired) electrons. The average molecular weight is 493 g/mol. The number of aryl methyl sites for hydroxylation is 1. The van der Waals surface area contributed by atoms with E-state index in [-0.39, 0.29) is 24.4 Å². The Morgan fingerprint density at radius 2 is 1.89 bits per heavy atom. The summed E-state index contributed by atoms with van der Waals surface area (Å²) in [6.07, 6.45) is 0.952. The molecule has 2 aliphatic heterocycles. The molecule has 0 saturated carbocycles. The summed E-state index contributed by atoms with van der Waals surface area (Å²) in [6.45, 7) is 8.21. The van der Waals surface area contributed by atoms with Crippen molar-refractivity contribution in [3.63, 3.8) is 0 Å². The molecule has 8 nitrogen and oxygen atoms in total. The minimum Gasteiger partial charge on any atom is -0.497 e. The number of carbonyl (C=O) groups excluding carboxylic acids is 2. The first-order valence-corrected chi connectivity index (χ1v) is 12.7. The molecule has 8 heteroatoms. The largest absolute Gasteiger partial charge is 0.497 e. The first-order chi connectivity index (χ1) is 17.5. The maximum absolute atomic E-state index is 13.6. The summed E-state index contributed by atoms with van der Waals surface area (Å²) in [5, 5.41) is 6.36. The molecule has 2 aromatic carbocycles. The van der Waals surface area contributed by atoms with Crippen LogP contribution in [-0.4, -0.2) is 85.4 Å². The molecule has 1 fully saturated rings. The van der Waals surface area contributed by atoms with Gasteiger partial charge in [0, 0.05) is 44.6 Å².